The van der Waals surface area contributed by atoms with Gasteiger partial charge in [0.25, 0.3) is 0 Å². The van der Waals surface area contributed by atoms with Crippen molar-refractivity contribution >= 4 is 16.9 Å². The molecule has 6 nitrogen and oxygen atoms in total. The number of carbonyl (C=O) groups is 1. The van der Waals surface area contributed by atoms with Gasteiger partial charge in [-0.25, -0.2) is 4.98 Å². The Morgan fingerprint density at radius 3 is 2.60 bits per heavy atom. The lowest BCUT2D eigenvalue weighted by atomic mass is 9.93. The van der Waals surface area contributed by atoms with Gasteiger partial charge in [0.05, 0.1) is 18.1 Å². The predicted octanol–water partition coefficient (Wildman–Crippen LogP) is 6.72. The first-order valence-corrected chi connectivity index (χ1v) is 14.5. The van der Waals surface area contributed by atoms with Gasteiger partial charge in [0.2, 0.25) is 5.91 Å². The van der Waals surface area contributed by atoms with Crippen LogP contribution in [0, 0.1) is 5.92 Å². The van der Waals surface area contributed by atoms with Crippen LogP contribution in [-0.2, 0) is 22.5 Å². The number of aromatic nitrogens is 2. The van der Waals surface area contributed by atoms with E-state index in [9.17, 15) is 4.79 Å². The van der Waals surface area contributed by atoms with Gasteiger partial charge in [-0.05, 0) is 60.9 Å². The summed E-state index contributed by atoms with van der Waals surface area (Å²) in [5.74, 6) is 2.76. The number of methoxy groups -OCH3 is 2. The zero-order chi connectivity index (χ0) is 27.9. The van der Waals surface area contributed by atoms with E-state index in [1.807, 2.05) is 24.3 Å². The summed E-state index contributed by atoms with van der Waals surface area (Å²) < 4.78 is 13.2. The van der Waals surface area contributed by atoms with Crippen molar-refractivity contribution in [3.8, 4) is 16.9 Å². The summed E-state index contributed by atoms with van der Waals surface area (Å²) in [5, 5.41) is 0. The molecule has 210 valence electrons. The number of piperidine rings is 1. The number of carbonyl (C=O) groups excluding carboxylic acids is 1. The molecule has 1 saturated heterocycles. The van der Waals surface area contributed by atoms with E-state index in [1.54, 1.807) is 14.2 Å². The van der Waals surface area contributed by atoms with Crippen LogP contribution in [0.3, 0.4) is 0 Å². The number of amides is 1. The maximum Gasteiger partial charge on any atom is 0.222 e. The highest BCUT2D eigenvalue weighted by atomic mass is 16.5. The number of para-hydroxylation sites is 3. The molecule has 1 aliphatic heterocycles. The van der Waals surface area contributed by atoms with Gasteiger partial charge in [-0.3, -0.25) is 4.79 Å². The lowest BCUT2D eigenvalue weighted by Gasteiger charge is -2.33. The highest BCUT2D eigenvalue weighted by Crippen LogP contribution is 2.32. The van der Waals surface area contributed by atoms with Crippen molar-refractivity contribution in [2.45, 2.75) is 51.5 Å². The van der Waals surface area contributed by atoms with E-state index in [2.05, 4.69) is 64.9 Å². The molecule has 0 aliphatic carbocycles. The third kappa shape index (κ3) is 6.39. The summed E-state index contributed by atoms with van der Waals surface area (Å²) in [5.41, 5.74) is 5.68. The van der Waals surface area contributed by atoms with E-state index in [4.69, 9.17) is 14.5 Å². The van der Waals surface area contributed by atoms with Gasteiger partial charge in [0.1, 0.15) is 11.6 Å². The number of hydrogen-bond donors (Lipinski definition) is 0. The SMILES string of the molecule is COCCCn1c([C@@H]2CCCN(C(=O)C[C@H](C)Cc3ccc(-c4ccccc4OC)cc3)C2)nc2ccccc21. The zero-order valence-corrected chi connectivity index (χ0v) is 24.0. The fourth-order valence-electron chi connectivity index (χ4n) is 6.03. The van der Waals surface area contributed by atoms with Crippen LogP contribution in [0.1, 0.15) is 49.9 Å². The predicted molar refractivity (Wildman–Crippen MR) is 161 cm³/mol. The molecular formula is C34H41N3O3. The van der Waals surface area contributed by atoms with Crippen molar-refractivity contribution < 1.29 is 14.3 Å². The Morgan fingerprint density at radius 1 is 1.02 bits per heavy atom. The summed E-state index contributed by atoms with van der Waals surface area (Å²) in [6.45, 7) is 5.36. The molecule has 0 N–H and O–H groups in total. The van der Waals surface area contributed by atoms with E-state index < -0.39 is 0 Å². The van der Waals surface area contributed by atoms with E-state index in [0.29, 0.717) is 6.42 Å². The van der Waals surface area contributed by atoms with Crippen molar-refractivity contribution in [3.05, 3.63) is 84.2 Å². The Morgan fingerprint density at radius 2 is 1.80 bits per heavy atom. The Kier molecular flexibility index (Phi) is 9.17. The van der Waals surface area contributed by atoms with E-state index >= 15 is 0 Å². The summed E-state index contributed by atoms with van der Waals surface area (Å²) in [6, 6.07) is 25.1. The number of likely N-dealkylation sites (tertiary alicyclic amines) is 1. The number of rotatable bonds is 11. The Labute approximate surface area is 237 Å². The second kappa shape index (κ2) is 13.1. The van der Waals surface area contributed by atoms with Gasteiger partial charge in [0, 0.05) is 51.3 Å². The minimum atomic E-state index is 0.255. The monoisotopic (exact) mass is 539 g/mol. The highest BCUT2D eigenvalue weighted by molar-refractivity contribution is 5.77. The molecule has 0 spiro atoms. The molecule has 1 aromatic heterocycles. The van der Waals surface area contributed by atoms with Gasteiger partial charge in [-0.1, -0.05) is 61.5 Å². The number of nitrogens with zero attached hydrogens (tertiary/aromatic N) is 3. The van der Waals surface area contributed by atoms with Crippen LogP contribution >= 0.6 is 0 Å². The number of aryl methyl sites for hydroxylation is 1. The zero-order valence-electron chi connectivity index (χ0n) is 24.0. The topological polar surface area (TPSA) is 56.6 Å². The van der Waals surface area contributed by atoms with Gasteiger partial charge in [-0.15, -0.1) is 0 Å². The van der Waals surface area contributed by atoms with Crippen LogP contribution in [0.4, 0.5) is 0 Å². The summed E-state index contributed by atoms with van der Waals surface area (Å²) in [7, 11) is 3.45. The van der Waals surface area contributed by atoms with E-state index in [0.717, 1.165) is 80.1 Å². The molecule has 6 heteroatoms. The maximum atomic E-state index is 13.4. The average molecular weight is 540 g/mol. The summed E-state index contributed by atoms with van der Waals surface area (Å²) >= 11 is 0. The highest BCUT2D eigenvalue weighted by Gasteiger charge is 2.29. The molecule has 1 fully saturated rings. The third-order valence-corrected chi connectivity index (χ3v) is 8.03. The van der Waals surface area contributed by atoms with Crippen LogP contribution in [0.5, 0.6) is 5.75 Å². The standard InChI is InChI=1S/C34H41N3O3/c1-25(22-26-15-17-27(18-16-26)29-11-4-7-14-32(29)40-3)23-33(38)36-19-8-10-28(24-36)34-35-30-12-5-6-13-31(30)37(34)20-9-21-39-2/h4-7,11-18,25,28H,8-10,19-24H2,1-3H3/t25-,28-/m1/s1. The molecule has 0 radical (unpaired) electrons. The first kappa shape index (κ1) is 27.9. The summed E-state index contributed by atoms with van der Waals surface area (Å²) in [6.07, 6.45) is 4.45. The molecular weight excluding hydrogens is 498 g/mol. The molecule has 0 unspecified atom stereocenters. The van der Waals surface area contributed by atoms with Gasteiger partial charge < -0.3 is 18.9 Å². The van der Waals surface area contributed by atoms with Crippen LogP contribution in [0.2, 0.25) is 0 Å². The Bertz CT molecular complexity index is 1410. The molecule has 4 aromatic rings. The molecule has 1 amide bonds. The Balaban J connectivity index is 1.21. The normalized spacial score (nSPS) is 16.3. The molecule has 3 aromatic carbocycles. The molecule has 1 aliphatic rings. The van der Waals surface area contributed by atoms with Gasteiger partial charge in [0.15, 0.2) is 0 Å². The maximum absolute atomic E-state index is 13.4. The number of hydrogen-bond acceptors (Lipinski definition) is 4. The van der Waals surface area contributed by atoms with E-state index in [-0.39, 0.29) is 17.7 Å². The smallest absolute Gasteiger partial charge is 0.222 e. The van der Waals surface area contributed by atoms with Gasteiger partial charge in [-0.2, -0.15) is 0 Å². The van der Waals surface area contributed by atoms with Crippen LogP contribution < -0.4 is 4.74 Å². The second-order valence-corrected chi connectivity index (χ2v) is 11.0. The lowest BCUT2D eigenvalue weighted by Crippen LogP contribution is -2.40. The molecule has 2 atom stereocenters. The molecule has 5 rings (SSSR count). The first-order chi connectivity index (χ1) is 19.6. The number of fused-ring (bicyclic) bond motifs is 1. The first-order valence-electron chi connectivity index (χ1n) is 14.5. The quantitative estimate of drug-likeness (QED) is 0.199. The second-order valence-electron chi connectivity index (χ2n) is 11.0. The van der Waals surface area contributed by atoms with Crippen LogP contribution in [0.15, 0.2) is 72.8 Å². The van der Waals surface area contributed by atoms with Crippen LogP contribution in [0.25, 0.3) is 22.2 Å². The fourth-order valence-corrected chi connectivity index (χ4v) is 6.03. The average Bonchev–Trinajstić information content (AvgIpc) is 3.36. The Hall–Kier alpha value is -3.64. The molecule has 0 bridgehead atoms. The van der Waals surface area contributed by atoms with Gasteiger partial charge >= 0.3 is 0 Å². The van der Waals surface area contributed by atoms with Crippen molar-refractivity contribution in [2.24, 2.45) is 5.92 Å². The minimum Gasteiger partial charge on any atom is -0.496 e. The largest absolute Gasteiger partial charge is 0.496 e. The van der Waals surface area contributed by atoms with Crippen molar-refractivity contribution in [1.82, 2.24) is 14.5 Å². The number of ether oxygens (including phenoxy) is 2. The fraction of sp³-hybridized carbons (Fsp3) is 0.412. The number of benzene rings is 3. The molecule has 0 saturated carbocycles. The van der Waals surface area contributed by atoms with E-state index in [1.165, 1.54) is 11.1 Å². The lowest BCUT2D eigenvalue weighted by molar-refractivity contribution is -0.133. The van der Waals surface area contributed by atoms with Crippen molar-refractivity contribution in [1.29, 1.82) is 0 Å². The summed E-state index contributed by atoms with van der Waals surface area (Å²) in [4.78, 5) is 20.5. The van der Waals surface area contributed by atoms with Crippen LogP contribution in [-0.4, -0.2) is 54.3 Å². The van der Waals surface area contributed by atoms with Crippen molar-refractivity contribution in [2.75, 3.05) is 33.9 Å². The number of imidazole rings is 1. The third-order valence-electron chi connectivity index (χ3n) is 8.03. The molecule has 40 heavy (non-hydrogen) atoms. The minimum absolute atomic E-state index is 0.255. The van der Waals surface area contributed by atoms with Crippen molar-refractivity contribution in [3.63, 3.8) is 0 Å². The molecule has 2 heterocycles.